The second-order valence-electron chi connectivity index (χ2n) is 6.22. The minimum Gasteiger partial charge on any atom is -0.451 e. The van der Waals surface area contributed by atoms with Gasteiger partial charge in [0.05, 0.1) is 4.92 Å². The van der Waals surface area contributed by atoms with Crippen molar-refractivity contribution in [1.82, 2.24) is 10.2 Å². The largest absolute Gasteiger partial charge is 0.451 e. The number of likely N-dealkylation sites (tertiary alicyclic amines) is 1. The maximum atomic E-state index is 12.3. The summed E-state index contributed by atoms with van der Waals surface area (Å²) >= 11 is 0. The average molecular weight is 357 g/mol. The first kappa shape index (κ1) is 17.7. The number of amides is 2. The molecule has 1 fully saturated rings. The summed E-state index contributed by atoms with van der Waals surface area (Å²) in [7, 11) is 0. The van der Waals surface area contributed by atoms with E-state index in [4.69, 9.17) is 4.42 Å². The van der Waals surface area contributed by atoms with Gasteiger partial charge in [-0.25, -0.2) is 0 Å². The van der Waals surface area contributed by atoms with Gasteiger partial charge >= 0.3 is 0 Å². The molecule has 2 amide bonds. The van der Waals surface area contributed by atoms with E-state index in [0.29, 0.717) is 37.3 Å². The SMILES string of the molecule is CC(=O)N1CCC(NC(=O)c2ccc(-c3ccc([N+](=O)[O-])cc3)o2)CC1. The molecule has 1 N–H and O–H groups in total. The lowest BCUT2D eigenvalue weighted by atomic mass is 10.0. The van der Waals surface area contributed by atoms with Crippen LogP contribution in [0.15, 0.2) is 40.8 Å². The zero-order valence-corrected chi connectivity index (χ0v) is 14.3. The number of piperidine rings is 1. The molecular weight excluding hydrogens is 338 g/mol. The number of furan rings is 1. The van der Waals surface area contributed by atoms with Crippen LogP contribution in [-0.4, -0.2) is 40.8 Å². The molecule has 26 heavy (non-hydrogen) atoms. The smallest absolute Gasteiger partial charge is 0.287 e. The molecule has 8 heteroatoms. The van der Waals surface area contributed by atoms with E-state index in [1.54, 1.807) is 36.1 Å². The Morgan fingerprint density at radius 2 is 1.81 bits per heavy atom. The highest BCUT2D eigenvalue weighted by Gasteiger charge is 2.23. The van der Waals surface area contributed by atoms with E-state index in [0.717, 1.165) is 0 Å². The highest BCUT2D eigenvalue weighted by molar-refractivity contribution is 5.92. The van der Waals surface area contributed by atoms with Crippen molar-refractivity contribution in [2.24, 2.45) is 0 Å². The van der Waals surface area contributed by atoms with Gasteiger partial charge in [0, 0.05) is 43.8 Å². The van der Waals surface area contributed by atoms with Crippen LogP contribution in [0.4, 0.5) is 5.69 Å². The Morgan fingerprint density at radius 3 is 2.38 bits per heavy atom. The summed E-state index contributed by atoms with van der Waals surface area (Å²) in [6, 6.07) is 9.18. The zero-order chi connectivity index (χ0) is 18.7. The standard InChI is InChI=1S/C18H19N3O5/c1-12(22)20-10-8-14(9-11-20)19-18(23)17-7-6-16(26-17)13-2-4-15(5-3-13)21(24)25/h2-7,14H,8-11H2,1H3,(H,19,23). The van der Waals surface area contributed by atoms with Crippen molar-refractivity contribution in [3.63, 3.8) is 0 Å². The third-order valence-corrected chi connectivity index (χ3v) is 4.47. The summed E-state index contributed by atoms with van der Waals surface area (Å²) < 4.78 is 5.59. The average Bonchev–Trinajstić information content (AvgIpc) is 3.12. The van der Waals surface area contributed by atoms with Gasteiger partial charge in [-0.1, -0.05) is 0 Å². The predicted octanol–water partition coefficient (Wildman–Crippen LogP) is 2.60. The number of hydrogen-bond donors (Lipinski definition) is 1. The Labute approximate surface area is 149 Å². The van der Waals surface area contributed by atoms with E-state index in [1.165, 1.54) is 12.1 Å². The van der Waals surface area contributed by atoms with Gasteiger partial charge in [-0.3, -0.25) is 19.7 Å². The minimum atomic E-state index is -0.470. The van der Waals surface area contributed by atoms with E-state index >= 15 is 0 Å². The molecule has 0 spiro atoms. The number of nitrogens with zero attached hydrogens (tertiary/aromatic N) is 2. The van der Waals surface area contributed by atoms with E-state index in [2.05, 4.69) is 5.32 Å². The molecule has 1 aromatic heterocycles. The Balaban J connectivity index is 1.61. The van der Waals surface area contributed by atoms with Crippen LogP contribution in [-0.2, 0) is 4.79 Å². The van der Waals surface area contributed by atoms with Crippen LogP contribution in [0.1, 0.15) is 30.3 Å². The van der Waals surface area contributed by atoms with Crippen LogP contribution in [0.3, 0.4) is 0 Å². The van der Waals surface area contributed by atoms with Crippen LogP contribution in [0.25, 0.3) is 11.3 Å². The molecule has 136 valence electrons. The molecule has 2 aromatic rings. The molecule has 1 aromatic carbocycles. The zero-order valence-electron chi connectivity index (χ0n) is 14.3. The van der Waals surface area contributed by atoms with Crippen LogP contribution < -0.4 is 5.32 Å². The lowest BCUT2D eigenvalue weighted by Gasteiger charge is -2.31. The molecule has 0 atom stereocenters. The van der Waals surface area contributed by atoms with Gasteiger partial charge in [0.1, 0.15) is 5.76 Å². The summed E-state index contributed by atoms with van der Waals surface area (Å²) in [6.45, 7) is 2.81. The number of non-ortho nitro benzene ring substituents is 1. The first-order valence-electron chi connectivity index (χ1n) is 8.35. The highest BCUT2D eigenvalue weighted by Crippen LogP contribution is 2.24. The number of benzene rings is 1. The van der Waals surface area contributed by atoms with E-state index in [9.17, 15) is 19.7 Å². The van der Waals surface area contributed by atoms with Gasteiger partial charge in [-0.2, -0.15) is 0 Å². The first-order chi connectivity index (χ1) is 12.4. The summed E-state index contributed by atoms with van der Waals surface area (Å²) in [4.78, 5) is 35.7. The number of nitro benzene ring substituents is 1. The molecule has 1 aliphatic rings. The van der Waals surface area contributed by atoms with Crippen LogP contribution in [0.5, 0.6) is 0 Å². The summed E-state index contributed by atoms with van der Waals surface area (Å²) in [6.07, 6.45) is 1.42. The Morgan fingerprint density at radius 1 is 1.15 bits per heavy atom. The van der Waals surface area contributed by atoms with Gasteiger partial charge in [-0.05, 0) is 37.1 Å². The molecule has 0 radical (unpaired) electrons. The van der Waals surface area contributed by atoms with Crippen molar-refractivity contribution >= 4 is 17.5 Å². The number of nitro groups is 1. The summed E-state index contributed by atoms with van der Waals surface area (Å²) in [5, 5.41) is 13.6. The molecule has 0 unspecified atom stereocenters. The molecule has 2 heterocycles. The second-order valence-corrected chi connectivity index (χ2v) is 6.22. The fourth-order valence-electron chi connectivity index (χ4n) is 2.96. The van der Waals surface area contributed by atoms with Gasteiger partial charge in [-0.15, -0.1) is 0 Å². The fourth-order valence-corrected chi connectivity index (χ4v) is 2.96. The quantitative estimate of drug-likeness (QED) is 0.669. The molecular formula is C18H19N3O5. The number of carbonyl (C=O) groups is 2. The van der Waals surface area contributed by atoms with Crippen molar-refractivity contribution in [1.29, 1.82) is 0 Å². The topological polar surface area (TPSA) is 106 Å². The van der Waals surface area contributed by atoms with E-state index in [-0.39, 0.29) is 29.3 Å². The maximum absolute atomic E-state index is 12.3. The minimum absolute atomic E-state index is 0.00447. The fraction of sp³-hybridized carbons (Fsp3) is 0.333. The maximum Gasteiger partial charge on any atom is 0.287 e. The van der Waals surface area contributed by atoms with Gasteiger partial charge in [0.2, 0.25) is 5.91 Å². The Hall–Kier alpha value is -3.16. The van der Waals surface area contributed by atoms with Gasteiger partial charge in [0.25, 0.3) is 11.6 Å². The van der Waals surface area contributed by atoms with Crippen molar-refractivity contribution in [3.8, 4) is 11.3 Å². The molecule has 0 aliphatic carbocycles. The van der Waals surface area contributed by atoms with Crippen LogP contribution in [0, 0.1) is 10.1 Å². The Bertz CT molecular complexity index is 820. The molecule has 0 bridgehead atoms. The number of hydrogen-bond acceptors (Lipinski definition) is 5. The number of nitrogens with one attached hydrogen (secondary N) is 1. The van der Waals surface area contributed by atoms with Crippen molar-refractivity contribution in [2.75, 3.05) is 13.1 Å². The Kier molecular flexibility index (Phi) is 5.01. The van der Waals surface area contributed by atoms with Gasteiger partial charge in [0.15, 0.2) is 5.76 Å². The van der Waals surface area contributed by atoms with Crippen molar-refractivity contribution < 1.29 is 18.9 Å². The van der Waals surface area contributed by atoms with Crippen molar-refractivity contribution in [3.05, 3.63) is 52.3 Å². The second kappa shape index (κ2) is 7.38. The van der Waals surface area contributed by atoms with E-state index < -0.39 is 4.92 Å². The lowest BCUT2D eigenvalue weighted by molar-refractivity contribution is -0.384. The number of carbonyl (C=O) groups excluding carboxylic acids is 2. The lowest BCUT2D eigenvalue weighted by Crippen LogP contribution is -2.45. The number of rotatable bonds is 4. The predicted molar refractivity (Wildman–Crippen MR) is 93.5 cm³/mol. The first-order valence-corrected chi connectivity index (χ1v) is 8.35. The normalized spacial score (nSPS) is 14.9. The third-order valence-electron chi connectivity index (χ3n) is 4.47. The molecule has 8 nitrogen and oxygen atoms in total. The third kappa shape index (κ3) is 3.90. The summed E-state index contributed by atoms with van der Waals surface area (Å²) in [5.41, 5.74) is 0.652. The molecule has 3 rings (SSSR count). The molecule has 0 saturated carbocycles. The van der Waals surface area contributed by atoms with Crippen LogP contribution in [0.2, 0.25) is 0 Å². The highest BCUT2D eigenvalue weighted by atomic mass is 16.6. The van der Waals surface area contributed by atoms with Gasteiger partial charge < -0.3 is 14.6 Å². The van der Waals surface area contributed by atoms with Crippen LogP contribution >= 0.6 is 0 Å². The summed E-state index contributed by atoms with van der Waals surface area (Å²) in [5.74, 6) is 0.400. The van der Waals surface area contributed by atoms with E-state index in [1.807, 2.05) is 0 Å². The molecule has 1 aliphatic heterocycles. The molecule has 1 saturated heterocycles. The van der Waals surface area contributed by atoms with Crippen molar-refractivity contribution in [2.45, 2.75) is 25.8 Å². The monoisotopic (exact) mass is 357 g/mol.